The van der Waals surface area contributed by atoms with Gasteiger partial charge in [-0.05, 0) is 355 Å². The van der Waals surface area contributed by atoms with E-state index in [9.17, 15) is 0 Å². The molecule has 47 unspecified atom stereocenters. The Morgan fingerprint density at radius 3 is 0.539 bits per heavy atom. The van der Waals surface area contributed by atoms with Crippen molar-refractivity contribution in [2.45, 2.75) is 126 Å². The standard InChI is InChI=1S/C15H18.7C11H14.C10H12/c1-3-10-5-8(1)12-7-13-9-2-4-11(6-9)15(13)14(10)12;7*1-7-2-5-10-8-3-4-9(6-8)11(7)10;1-2-9-7-4-5-8(6-7)10(9)3-1/h1-4,8-15H,5-7H2;7*2-5,7-11H,6H2,1H3;1-2,4-5,7-10H,3,6H2. The van der Waals surface area contributed by atoms with Crippen molar-refractivity contribution >= 4 is 0 Å². The van der Waals surface area contributed by atoms with E-state index in [4.69, 9.17) is 0 Å². The molecule has 0 aromatic carbocycles. The van der Waals surface area contributed by atoms with Gasteiger partial charge in [-0.15, -0.1) is 0 Å². The van der Waals surface area contributed by atoms with Crippen LogP contribution in [0.15, 0.2) is 219 Å². The minimum absolute atomic E-state index is 0.847. The Morgan fingerprint density at radius 2 is 0.314 bits per heavy atom. The monoisotopic (exact) mass is 1350 g/mol. The molecule has 0 nitrogen and oxygen atoms in total. The van der Waals surface area contributed by atoms with Gasteiger partial charge in [0.2, 0.25) is 0 Å². The predicted octanol–water partition coefficient (Wildman–Crippen LogP) is 24.1. The quantitative estimate of drug-likeness (QED) is 0.212. The fourth-order valence-electron chi connectivity index (χ4n) is 32.4. The summed E-state index contributed by atoms with van der Waals surface area (Å²) in [7, 11) is 0. The van der Waals surface area contributed by atoms with Crippen molar-refractivity contribution in [3.63, 3.8) is 0 Å². The lowest BCUT2D eigenvalue weighted by atomic mass is 9.75. The zero-order chi connectivity index (χ0) is 68.1. The molecule has 20 bridgehead atoms. The maximum absolute atomic E-state index is 2.56. The highest BCUT2D eigenvalue weighted by atomic mass is 14.7. The Hall–Kier alpha value is -4.68. The number of rotatable bonds is 0. The SMILES string of the molecule is C1=CC2C3C=CC(C3)C2C1.C1=CC2CC1C1CC3C4C=CC(C4)C3C21.CC1C=CC2C3C=CC(C3)C12.CC1C=CC2C3C=CC(C3)C12.CC1C=CC2C3C=CC(C3)C12.CC1C=CC2C3C=CC(C3)C12.CC1C=CC2C3C=CC(C3)C12.CC1C=CC2C3C=CC(C3)C12.CC1C=CC2C3C=CC(C3)C12. The third-order valence-electron chi connectivity index (χ3n) is 36.6. The highest BCUT2D eigenvalue weighted by Gasteiger charge is 2.62. The van der Waals surface area contributed by atoms with Crippen molar-refractivity contribution < 1.29 is 0 Å². The second-order valence-corrected chi connectivity index (χ2v) is 40.9. The Bertz CT molecular complexity index is 3230. The molecule has 29 aliphatic rings. The van der Waals surface area contributed by atoms with Crippen LogP contribution in [0.1, 0.15) is 126 Å². The Morgan fingerprint density at radius 1 is 0.137 bits per heavy atom. The van der Waals surface area contributed by atoms with Gasteiger partial charge in [0.15, 0.2) is 0 Å². The number of hydrogen-bond acceptors (Lipinski definition) is 0. The number of allylic oxidation sites excluding steroid dienone is 36. The van der Waals surface area contributed by atoms with E-state index in [0.29, 0.717) is 0 Å². The third-order valence-corrected chi connectivity index (χ3v) is 36.6. The molecule has 0 saturated heterocycles. The molecular weight excluding hydrogens is 1230 g/mol. The molecule has 11 fully saturated rings. The molecule has 0 heteroatoms. The van der Waals surface area contributed by atoms with Crippen LogP contribution in [-0.2, 0) is 0 Å². The van der Waals surface area contributed by atoms with Crippen LogP contribution < -0.4 is 0 Å². The molecule has 536 valence electrons. The molecule has 29 rings (SSSR count). The summed E-state index contributed by atoms with van der Waals surface area (Å²) >= 11 is 0. The lowest BCUT2D eigenvalue weighted by Crippen LogP contribution is -2.24. The molecule has 47 atom stereocenters. The topological polar surface area (TPSA) is 0 Å². The maximum atomic E-state index is 2.56. The van der Waals surface area contributed by atoms with Gasteiger partial charge in [0.1, 0.15) is 0 Å². The van der Waals surface area contributed by atoms with Crippen LogP contribution in [0.4, 0.5) is 0 Å². The normalized spacial score (nSPS) is 58.4. The second kappa shape index (κ2) is 25.8. The molecule has 0 radical (unpaired) electrons. The highest BCUT2D eigenvalue weighted by molar-refractivity contribution is 5.32. The first-order valence-corrected chi connectivity index (χ1v) is 44.2. The van der Waals surface area contributed by atoms with E-state index in [1.54, 1.807) is 6.42 Å². The van der Waals surface area contributed by atoms with Gasteiger partial charge >= 0.3 is 0 Å². The average molecular weight is 1350 g/mol. The summed E-state index contributed by atoms with van der Waals surface area (Å²) in [5, 5.41) is 0. The molecule has 0 aromatic heterocycles. The van der Waals surface area contributed by atoms with Crippen molar-refractivity contribution in [3.8, 4) is 0 Å². The largest absolute Gasteiger partial charge is 0.0879 e. The van der Waals surface area contributed by atoms with Crippen molar-refractivity contribution in [1.82, 2.24) is 0 Å². The van der Waals surface area contributed by atoms with Gasteiger partial charge < -0.3 is 0 Å². The highest BCUT2D eigenvalue weighted by Crippen LogP contribution is 2.69. The van der Waals surface area contributed by atoms with Gasteiger partial charge in [0, 0.05) is 0 Å². The van der Waals surface area contributed by atoms with Crippen LogP contribution in [0.5, 0.6) is 0 Å². The molecular formula is C102H128. The molecule has 0 amide bonds. The van der Waals surface area contributed by atoms with Crippen LogP contribution in [-0.4, -0.2) is 0 Å². The summed E-state index contributed by atoms with van der Waals surface area (Å²) in [6.45, 7) is 16.6. The van der Waals surface area contributed by atoms with Gasteiger partial charge in [0.25, 0.3) is 0 Å². The Labute approximate surface area is 618 Å². The minimum Gasteiger partial charge on any atom is -0.0879 e. The van der Waals surface area contributed by atoms with Crippen molar-refractivity contribution in [1.29, 1.82) is 0 Å². The lowest BCUT2D eigenvalue weighted by Gasteiger charge is -2.29. The molecule has 0 spiro atoms. The minimum atomic E-state index is 0.847. The van der Waals surface area contributed by atoms with Gasteiger partial charge in [-0.3, -0.25) is 0 Å². The van der Waals surface area contributed by atoms with Crippen molar-refractivity contribution in [3.05, 3.63) is 219 Å². The molecule has 11 saturated carbocycles. The molecule has 102 heavy (non-hydrogen) atoms. The van der Waals surface area contributed by atoms with E-state index in [-0.39, 0.29) is 0 Å². The zero-order valence-corrected chi connectivity index (χ0v) is 63.4. The third kappa shape index (κ3) is 10.6. The van der Waals surface area contributed by atoms with Gasteiger partial charge in [-0.1, -0.05) is 267 Å². The molecule has 0 aromatic rings. The van der Waals surface area contributed by atoms with Crippen LogP contribution >= 0.6 is 0 Å². The summed E-state index contributed by atoms with van der Waals surface area (Å²) in [5.41, 5.74) is 0. The maximum Gasteiger partial charge on any atom is -0.0131 e. The van der Waals surface area contributed by atoms with E-state index in [1.165, 1.54) is 70.6 Å². The summed E-state index contributed by atoms with van der Waals surface area (Å²) in [6.07, 6.45) is 106. The van der Waals surface area contributed by atoms with Gasteiger partial charge in [-0.2, -0.15) is 0 Å². The van der Waals surface area contributed by atoms with Gasteiger partial charge in [-0.25, -0.2) is 0 Å². The van der Waals surface area contributed by atoms with E-state index in [2.05, 4.69) is 267 Å². The lowest BCUT2D eigenvalue weighted by molar-refractivity contribution is 0.238. The van der Waals surface area contributed by atoms with Crippen LogP contribution in [0.2, 0.25) is 0 Å². The number of fused-ring (bicyclic) bond motifs is 51. The fraction of sp³-hybridized carbons (Fsp3) is 0.647. The Kier molecular flexibility index (Phi) is 16.6. The zero-order valence-electron chi connectivity index (χ0n) is 63.4. The fourth-order valence-corrected chi connectivity index (χ4v) is 32.4. The molecule has 29 aliphatic carbocycles. The first-order valence-electron chi connectivity index (χ1n) is 44.2. The van der Waals surface area contributed by atoms with E-state index < -0.39 is 0 Å². The van der Waals surface area contributed by atoms with Crippen LogP contribution in [0, 0.1) is 278 Å². The van der Waals surface area contributed by atoms with Crippen molar-refractivity contribution in [2.75, 3.05) is 0 Å². The second-order valence-electron chi connectivity index (χ2n) is 40.9. The van der Waals surface area contributed by atoms with E-state index in [0.717, 1.165) is 278 Å². The van der Waals surface area contributed by atoms with E-state index in [1.807, 2.05) is 0 Å². The van der Waals surface area contributed by atoms with Crippen LogP contribution in [0.3, 0.4) is 0 Å². The summed E-state index contributed by atoms with van der Waals surface area (Å²) in [4.78, 5) is 0. The summed E-state index contributed by atoms with van der Waals surface area (Å²) in [5.74, 6) is 44.2. The number of hydrogen-bond donors (Lipinski definition) is 0. The summed E-state index contributed by atoms with van der Waals surface area (Å²) in [6, 6.07) is 0. The first kappa shape index (κ1) is 65.6. The average Bonchev–Trinajstić information content (AvgIpc) is 1.54. The first-order chi connectivity index (χ1) is 49.9. The van der Waals surface area contributed by atoms with Crippen LogP contribution in [0.25, 0.3) is 0 Å². The smallest absolute Gasteiger partial charge is 0.0131 e. The molecule has 0 aliphatic heterocycles. The molecule has 0 heterocycles. The predicted molar refractivity (Wildman–Crippen MR) is 424 cm³/mol. The van der Waals surface area contributed by atoms with Crippen molar-refractivity contribution in [2.24, 2.45) is 278 Å². The van der Waals surface area contributed by atoms with E-state index >= 15 is 0 Å². The van der Waals surface area contributed by atoms with Gasteiger partial charge in [0.05, 0.1) is 0 Å². The molecule has 0 N–H and O–H groups in total. The summed E-state index contributed by atoms with van der Waals surface area (Å²) < 4.78 is 0. The Balaban J connectivity index is 0.0000000748.